The predicted molar refractivity (Wildman–Crippen MR) is 219 cm³/mol. The van der Waals surface area contributed by atoms with Gasteiger partial charge in [0.25, 0.3) is 11.8 Å². The maximum Gasteiger partial charge on any atom is 0.262 e. The van der Waals surface area contributed by atoms with Crippen molar-refractivity contribution in [1.82, 2.24) is 20.0 Å². The molecule has 3 saturated heterocycles. The molecule has 11 nitrogen and oxygen atoms in total. The molecule has 4 aromatic carbocycles. The molecule has 0 saturated carbocycles. The van der Waals surface area contributed by atoms with Crippen LogP contribution in [0.15, 0.2) is 97.1 Å². The number of allylic oxidation sites excluding steroid dienone is 1. The van der Waals surface area contributed by atoms with Crippen LogP contribution in [0.5, 0.6) is 11.5 Å². The molecule has 3 fully saturated rings. The number of nitrogens with zero attached hydrogens (tertiary/aromatic N) is 4. The summed E-state index contributed by atoms with van der Waals surface area (Å²) in [6.07, 6.45) is 3.23. The third kappa shape index (κ3) is 8.22. The average molecular weight is 768 g/mol. The molecule has 4 amide bonds. The van der Waals surface area contributed by atoms with Gasteiger partial charge in [-0.3, -0.25) is 34.3 Å². The summed E-state index contributed by atoms with van der Waals surface area (Å²) in [5.41, 5.74) is 7.28. The second-order valence-corrected chi connectivity index (χ2v) is 15.3. The Bertz CT molecular complexity index is 2150. The number of piperazine rings is 1. The van der Waals surface area contributed by atoms with Gasteiger partial charge >= 0.3 is 0 Å². The number of piperidine rings is 2. The largest absolute Gasteiger partial charge is 0.508 e. The summed E-state index contributed by atoms with van der Waals surface area (Å²) in [7, 11) is 0. The highest BCUT2D eigenvalue weighted by Gasteiger charge is 2.44. The summed E-state index contributed by atoms with van der Waals surface area (Å²) in [4.78, 5) is 58.8. The highest BCUT2D eigenvalue weighted by molar-refractivity contribution is 6.23. The van der Waals surface area contributed by atoms with Crippen molar-refractivity contribution in [2.75, 3.05) is 57.3 Å². The minimum Gasteiger partial charge on any atom is -0.508 e. The average Bonchev–Trinajstić information content (AvgIpc) is 3.48. The SMILES string of the molecule is CC/C(=C(\c1ccc(O)cc1)c1ccc(OC2CCN(CCN3CCN(c4ccc5c(c4)C(=O)N(C4CCC(=O)NC4=O)C5=O)CC3)CC2)cc1)c1ccccc1. The zero-order chi connectivity index (χ0) is 39.5. The number of hydrogen-bond donors (Lipinski definition) is 2. The van der Waals surface area contributed by atoms with Crippen LogP contribution in [-0.4, -0.2) is 108 Å². The van der Waals surface area contributed by atoms with Gasteiger partial charge in [-0.15, -0.1) is 0 Å². The summed E-state index contributed by atoms with van der Waals surface area (Å²) in [6, 6.07) is 30.8. The quantitative estimate of drug-likeness (QED) is 0.144. The Morgan fingerprint density at radius 2 is 1.33 bits per heavy atom. The minimum absolute atomic E-state index is 0.0986. The van der Waals surface area contributed by atoms with E-state index in [-0.39, 0.29) is 30.6 Å². The van der Waals surface area contributed by atoms with Crippen LogP contribution in [0.4, 0.5) is 5.69 Å². The van der Waals surface area contributed by atoms with Crippen LogP contribution in [0.1, 0.15) is 76.4 Å². The van der Waals surface area contributed by atoms with Gasteiger partial charge in [-0.25, -0.2) is 0 Å². The first-order chi connectivity index (χ1) is 27.7. The number of anilines is 1. The molecule has 2 N–H and O–H groups in total. The molecule has 4 aliphatic heterocycles. The van der Waals surface area contributed by atoms with E-state index in [1.165, 1.54) is 11.1 Å². The van der Waals surface area contributed by atoms with Crippen LogP contribution >= 0.6 is 0 Å². The predicted octanol–water partition coefficient (Wildman–Crippen LogP) is 5.83. The maximum atomic E-state index is 13.3. The normalized spacial score (nSPS) is 20.1. The first kappa shape index (κ1) is 38.1. The number of ether oxygens (including phenoxy) is 1. The number of nitrogens with one attached hydrogen (secondary N) is 1. The van der Waals surface area contributed by atoms with Gasteiger partial charge in [0, 0.05) is 64.5 Å². The Morgan fingerprint density at radius 1 is 0.702 bits per heavy atom. The number of rotatable bonds is 11. The summed E-state index contributed by atoms with van der Waals surface area (Å²) < 4.78 is 6.50. The maximum absolute atomic E-state index is 13.3. The van der Waals surface area contributed by atoms with Crippen molar-refractivity contribution in [1.29, 1.82) is 0 Å². The number of likely N-dealkylation sites (tertiary alicyclic amines) is 1. The molecule has 1 unspecified atom stereocenters. The van der Waals surface area contributed by atoms with E-state index in [9.17, 15) is 24.3 Å². The number of benzene rings is 4. The van der Waals surface area contributed by atoms with E-state index in [2.05, 4.69) is 75.5 Å². The van der Waals surface area contributed by atoms with Crippen molar-refractivity contribution < 1.29 is 29.0 Å². The molecule has 1 atom stereocenters. The lowest BCUT2D eigenvalue weighted by Crippen LogP contribution is -2.54. The standard InChI is InChI=1S/C46H49N5O6/c1-2-38(31-6-4-3-5-7-31)43(32-8-13-35(52)14-9-32)33-10-15-36(16-11-33)57-37-20-22-48(23-21-37)24-25-49-26-28-50(29-27-49)34-12-17-39-40(30-34)46(56)51(45(39)55)41-18-19-42(53)47-44(41)54/h3-17,30,37,41,52H,2,18-29H2,1H3,(H,47,53,54)/b43-38-. The lowest BCUT2D eigenvalue weighted by atomic mass is 9.88. The fourth-order valence-corrected chi connectivity index (χ4v) is 8.62. The van der Waals surface area contributed by atoms with E-state index in [4.69, 9.17) is 4.74 Å². The Balaban J connectivity index is 0.809. The molecule has 57 heavy (non-hydrogen) atoms. The highest BCUT2D eigenvalue weighted by Crippen LogP contribution is 2.36. The molecule has 8 rings (SSSR count). The van der Waals surface area contributed by atoms with Crippen LogP contribution in [-0.2, 0) is 9.59 Å². The van der Waals surface area contributed by atoms with Gasteiger partial charge in [0.1, 0.15) is 23.6 Å². The molecule has 0 radical (unpaired) electrons. The van der Waals surface area contributed by atoms with Crippen LogP contribution in [0.2, 0.25) is 0 Å². The molecule has 0 bridgehead atoms. The molecule has 0 aliphatic carbocycles. The summed E-state index contributed by atoms with van der Waals surface area (Å²) in [5.74, 6) is -0.815. The van der Waals surface area contributed by atoms with Crippen LogP contribution < -0.4 is 15.0 Å². The second kappa shape index (κ2) is 16.8. The van der Waals surface area contributed by atoms with Crippen molar-refractivity contribution in [3.8, 4) is 11.5 Å². The van der Waals surface area contributed by atoms with Crippen molar-refractivity contribution in [2.45, 2.75) is 51.2 Å². The number of carbonyl (C=O) groups excluding carboxylic acids is 4. The van der Waals surface area contributed by atoms with E-state index in [0.29, 0.717) is 11.1 Å². The van der Waals surface area contributed by atoms with Crippen molar-refractivity contribution in [3.05, 3.63) is 125 Å². The van der Waals surface area contributed by atoms with Gasteiger partial charge in [-0.1, -0.05) is 61.5 Å². The Kier molecular flexibility index (Phi) is 11.2. The van der Waals surface area contributed by atoms with Crippen LogP contribution in [0, 0.1) is 0 Å². The van der Waals surface area contributed by atoms with Crippen LogP contribution in [0.3, 0.4) is 0 Å². The lowest BCUT2D eigenvalue weighted by molar-refractivity contribution is -0.136. The molecule has 0 spiro atoms. The van der Waals surface area contributed by atoms with Gasteiger partial charge in [-0.2, -0.15) is 0 Å². The fraction of sp³-hybridized carbons (Fsp3) is 0.348. The Labute approximate surface area is 333 Å². The lowest BCUT2D eigenvalue weighted by Gasteiger charge is -2.38. The fourth-order valence-electron chi connectivity index (χ4n) is 8.62. The summed E-state index contributed by atoms with van der Waals surface area (Å²) >= 11 is 0. The monoisotopic (exact) mass is 767 g/mol. The molecule has 4 heterocycles. The summed E-state index contributed by atoms with van der Waals surface area (Å²) in [5, 5.41) is 12.2. The number of aromatic hydroxyl groups is 1. The number of phenolic OH excluding ortho intramolecular Hbond substituents is 1. The van der Waals surface area contributed by atoms with Gasteiger partial charge in [0.2, 0.25) is 11.8 Å². The van der Waals surface area contributed by atoms with E-state index in [0.717, 1.165) is 105 Å². The van der Waals surface area contributed by atoms with Crippen molar-refractivity contribution >= 4 is 40.5 Å². The zero-order valence-electron chi connectivity index (χ0n) is 32.4. The molecule has 294 valence electrons. The van der Waals surface area contributed by atoms with Gasteiger partial charge < -0.3 is 19.6 Å². The number of imide groups is 2. The minimum atomic E-state index is -0.965. The first-order valence-corrected chi connectivity index (χ1v) is 20.2. The van der Waals surface area contributed by atoms with Crippen molar-refractivity contribution in [2.24, 2.45) is 0 Å². The van der Waals surface area contributed by atoms with Gasteiger partial charge in [-0.05, 0) is 96.0 Å². The number of amides is 4. The molecule has 4 aromatic rings. The smallest absolute Gasteiger partial charge is 0.262 e. The van der Waals surface area contributed by atoms with E-state index < -0.39 is 23.8 Å². The number of fused-ring (bicyclic) bond motifs is 1. The van der Waals surface area contributed by atoms with Gasteiger partial charge in [0.05, 0.1) is 11.1 Å². The topological polar surface area (TPSA) is 123 Å². The zero-order valence-corrected chi connectivity index (χ0v) is 32.4. The van der Waals surface area contributed by atoms with Crippen molar-refractivity contribution in [3.63, 3.8) is 0 Å². The van der Waals surface area contributed by atoms with Gasteiger partial charge in [0.15, 0.2) is 0 Å². The molecular weight excluding hydrogens is 719 g/mol. The summed E-state index contributed by atoms with van der Waals surface area (Å²) in [6.45, 7) is 9.57. The Hall–Kier alpha value is -5.78. The second-order valence-electron chi connectivity index (χ2n) is 15.3. The first-order valence-electron chi connectivity index (χ1n) is 20.2. The molecule has 11 heteroatoms. The third-order valence-corrected chi connectivity index (χ3v) is 11.8. The molecular formula is C46H49N5O6. The van der Waals surface area contributed by atoms with E-state index >= 15 is 0 Å². The number of hydrogen-bond acceptors (Lipinski definition) is 9. The van der Waals surface area contributed by atoms with E-state index in [1.807, 2.05) is 24.3 Å². The number of phenols is 1. The highest BCUT2D eigenvalue weighted by atomic mass is 16.5. The third-order valence-electron chi connectivity index (χ3n) is 11.8. The van der Waals surface area contributed by atoms with Crippen LogP contribution in [0.25, 0.3) is 11.1 Å². The molecule has 0 aromatic heterocycles. The molecule has 4 aliphatic rings. The number of carbonyl (C=O) groups is 4. The van der Waals surface area contributed by atoms with E-state index in [1.54, 1.807) is 24.3 Å². The Morgan fingerprint density at radius 3 is 1.98 bits per heavy atom.